The topological polar surface area (TPSA) is 62.9 Å². The number of nitrogens with two attached hydrogens (primary N) is 1. The number of hydrogen-bond donors (Lipinski definition) is 2. The molecule has 5 nitrogen and oxygen atoms in total. The van der Waals surface area contributed by atoms with Crippen LogP contribution in [0.15, 0.2) is 4.99 Å². The van der Waals surface area contributed by atoms with E-state index < -0.39 is 0 Å². The van der Waals surface area contributed by atoms with E-state index in [2.05, 4.69) is 22.1 Å². The largest absolute Gasteiger partial charge is 0.382 e. The Hall–Kier alpha value is -0.0800. The van der Waals surface area contributed by atoms with Gasteiger partial charge in [0.25, 0.3) is 0 Å². The number of rotatable bonds is 9. The summed E-state index contributed by atoms with van der Waals surface area (Å²) in [7, 11) is 0. The quantitative estimate of drug-likeness (QED) is 0.263. The van der Waals surface area contributed by atoms with Gasteiger partial charge in [0, 0.05) is 26.3 Å². The zero-order valence-corrected chi connectivity index (χ0v) is 16.0. The van der Waals surface area contributed by atoms with E-state index in [-0.39, 0.29) is 24.0 Å². The van der Waals surface area contributed by atoms with Gasteiger partial charge in [-0.2, -0.15) is 0 Å². The van der Waals surface area contributed by atoms with Crippen LogP contribution in [-0.2, 0) is 4.74 Å². The molecule has 1 heterocycles. The normalized spacial score (nSPS) is 17.5. The molecular weight excluding hydrogens is 379 g/mol. The lowest BCUT2D eigenvalue weighted by molar-refractivity contribution is 0.146. The van der Waals surface area contributed by atoms with Crippen molar-refractivity contribution in [3.8, 4) is 0 Å². The fraction of sp³-hybridized carbons (Fsp3) is 0.933. The lowest BCUT2D eigenvalue weighted by atomic mass is 9.99. The summed E-state index contributed by atoms with van der Waals surface area (Å²) in [6.07, 6.45) is 4.75. The maximum atomic E-state index is 5.81. The van der Waals surface area contributed by atoms with E-state index in [9.17, 15) is 0 Å². The molecule has 0 aliphatic carbocycles. The number of piperidine rings is 1. The molecule has 0 bridgehead atoms. The van der Waals surface area contributed by atoms with E-state index in [0.29, 0.717) is 5.96 Å². The molecule has 1 aliphatic heterocycles. The summed E-state index contributed by atoms with van der Waals surface area (Å²) >= 11 is 0. The molecule has 6 heteroatoms. The SMILES string of the molecule is CCOCCCN=C(N)NCCCN1CCC(C)CC1.I. The van der Waals surface area contributed by atoms with Crippen LogP contribution in [0.25, 0.3) is 0 Å². The monoisotopic (exact) mass is 412 g/mol. The Balaban J connectivity index is 0.00000400. The van der Waals surface area contributed by atoms with Crippen LogP contribution < -0.4 is 11.1 Å². The van der Waals surface area contributed by atoms with Crippen LogP contribution in [0.1, 0.15) is 39.5 Å². The average Bonchev–Trinajstić information content (AvgIpc) is 2.45. The van der Waals surface area contributed by atoms with Crippen molar-refractivity contribution in [1.29, 1.82) is 0 Å². The molecule has 1 saturated heterocycles. The maximum absolute atomic E-state index is 5.81. The molecule has 0 aromatic carbocycles. The second-order valence-electron chi connectivity index (χ2n) is 5.62. The van der Waals surface area contributed by atoms with Gasteiger partial charge in [0.15, 0.2) is 5.96 Å². The second kappa shape index (κ2) is 13.6. The summed E-state index contributed by atoms with van der Waals surface area (Å²) in [6.45, 7) is 11.2. The number of guanidine groups is 1. The fourth-order valence-electron chi connectivity index (χ4n) is 2.37. The van der Waals surface area contributed by atoms with Crippen LogP contribution in [0.4, 0.5) is 0 Å². The predicted molar refractivity (Wildman–Crippen MR) is 100 cm³/mol. The average molecular weight is 412 g/mol. The highest BCUT2D eigenvalue weighted by Gasteiger charge is 2.14. The Kier molecular flexibility index (Phi) is 13.5. The van der Waals surface area contributed by atoms with Gasteiger partial charge in [0.1, 0.15) is 0 Å². The first-order valence-electron chi connectivity index (χ1n) is 8.06. The first kappa shape index (κ1) is 20.9. The van der Waals surface area contributed by atoms with Crippen molar-refractivity contribution < 1.29 is 4.74 Å². The van der Waals surface area contributed by atoms with Crippen molar-refractivity contribution >= 4 is 29.9 Å². The molecule has 0 spiro atoms. The molecule has 0 radical (unpaired) electrons. The van der Waals surface area contributed by atoms with Gasteiger partial charge in [-0.3, -0.25) is 4.99 Å². The maximum Gasteiger partial charge on any atom is 0.188 e. The van der Waals surface area contributed by atoms with Crippen molar-refractivity contribution in [2.24, 2.45) is 16.6 Å². The third-order valence-electron chi connectivity index (χ3n) is 3.77. The van der Waals surface area contributed by atoms with Gasteiger partial charge in [-0.1, -0.05) is 6.92 Å². The first-order chi connectivity index (χ1) is 9.72. The molecule has 0 aromatic heterocycles. The molecule has 126 valence electrons. The molecular formula is C15H33IN4O. The highest BCUT2D eigenvalue weighted by molar-refractivity contribution is 14.0. The third kappa shape index (κ3) is 11.2. The number of nitrogens with zero attached hydrogens (tertiary/aromatic N) is 2. The van der Waals surface area contributed by atoms with Crippen LogP contribution in [0.3, 0.4) is 0 Å². The Morgan fingerprint density at radius 2 is 2.05 bits per heavy atom. The standard InChI is InChI=1S/C15H32N4O.HI/c1-3-20-13-5-9-18-15(16)17-8-4-10-19-11-6-14(2)7-12-19;/h14H,3-13H2,1-2H3,(H3,16,17,18);1H. The minimum atomic E-state index is 0. The van der Waals surface area contributed by atoms with E-state index in [0.717, 1.165) is 51.6 Å². The molecule has 1 rings (SSSR count). The zero-order valence-electron chi connectivity index (χ0n) is 13.6. The number of halogens is 1. The van der Waals surface area contributed by atoms with E-state index in [4.69, 9.17) is 10.5 Å². The van der Waals surface area contributed by atoms with Crippen molar-refractivity contribution in [2.75, 3.05) is 45.9 Å². The summed E-state index contributed by atoms with van der Waals surface area (Å²) in [5.41, 5.74) is 5.81. The molecule has 0 aromatic rings. The van der Waals surface area contributed by atoms with Crippen molar-refractivity contribution in [3.63, 3.8) is 0 Å². The van der Waals surface area contributed by atoms with Crippen LogP contribution in [0.5, 0.6) is 0 Å². The van der Waals surface area contributed by atoms with Crippen LogP contribution >= 0.6 is 24.0 Å². The Labute approximate surface area is 147 Å². The zero-order chi connectivity index (χ0) is 14.6. The molecule has 3 N–H and O–H groups in total. The highest BCUT2D eigenvalue weighted by Crippen LogP contribution is 2.15. The molecule has 21 heavy (non-hydrogen) atoms. The van der Waals surface area contributed by atoms with Crippen LogP contribution in [0.2, 0.25) is 0 Å². The molecule has 1 aliphatic rings. The van der Waals surface area contributed by atoms with E-state index in [1.807, 2.05) is 6.92 Å². The summed E-state index contributed by atoms with van der Waals surface area (Å²) < 4.78 is 5.25. The first-order valence-corrected chi connectivity index (χ1v) is 8.06. The van der Waals surface area contributed by atoms with Crippen LogP contribution in [-0.4, -0.2) is 56.8 Å². The molecule has 1 fully saturated rings. The Morgan fingerprint density at radius 1 is 1.33 bits per heavy atom. The number of likely N-dealkylation sites (tertiary alicyclic amines) is 1. The van der Waals surface area contributed by atoms with Gasteiger partial charge in [-0.25, -0.2) is 0 Å². The molecule has 0 amide bonds. The Morgan fingerprint density at radius 3 is 2.71 bits per heavy atom. The fourth-order valence-corrected chi connectivity index (χ4v) is 2.37. The predicted octanol–water partition coefficient (Wildman–Crippen LogP) is 2.06. The molecule has 0 unspecified atom stereocenters. The molecule has 0 saturated carbocycles. The highest BCUT2D eigenvalue weighted by atomic mass is 127. The van der Waals surface area contributed by atoms with Gasteiger partial charge < -0.3 is 20.7 Å². The number of ether oxygens (including phenoxy) is 1. The minimum Gasteiger partial charge on any atom is -0.382 e. The lowest BCUT2D eigenvalue weighted by Gasteiger charge is -2.30. The number of nitrogens with one attached hydrogen (secondary N) is 1. The van der Waals surface area contributed by atoms with Gasteiger partial charge in [0.2, 0.25) is 0 Å². The Bertz CT molecular complexity index is 268. The summed E-state index contributed by atoms with van der Waals surface area (Å²) in [5, 5.41) is 3.18. The number of aliphatic imine (C=N–C) groups is 1. The van der Waals surface area contributed by atoms with Gasteiger partial charge >= 0.3 is 0 Å². The van der Waals surface area contributed by atoms with Crippen LogP contribution in [0, 0.1) is 5.92 Å². The summed E-state index contributed by atoms with van der Waals surface area (Å²) in [4.78, 5) is 6.83. The summed E-state index contributed by atoms with van der Waals surface area (Å²) in [5.74, 6) is 1.47. The van der Waals surface area contributed by atoms with E-state index >= 15 is 0 Å². The van der Waals surface area contributed by atoms with Gasteiger partial charge in [0.05, 0.1) is 0 Å². The van der Waals surface area contributed by atoms with Crippen molar-refractivity contribution in [2.45, 2.75) is 39.5 Å². The van der Waals surface area contributed by atoms with Crippen molar-refractivity contribution in [1.82, 2.24) is 10.2 Å². The van der Waals surface area contributed by atoms with Crippen molar-refractivity contribution in [3.05, 3.63) is 0 Å². The van der Waals surface area contributed by atoms with Gasteiger partial charge in [-0.05, 0) is 58.2 Å². The number of hydrogen-bond acceptors (Lipinski definition) is 3. The van der Waals surface area contributed by atoms with Gasteiger partial charge in [-0.15, -0.1) is 24.0 Å². The minimum absolute atomic E-state index is 0. The van der Waals surface area contributed by atoms with E-state index in [1.54, 1.807) is 0 Å². The summed E-state index contributed by atoms with van der Waals surface area (Å²) in [6, 6.07) is 0. The van der Waals surface area contributed by atoms with E-state index in [1.165, 1.54) is 25.9 Å². The molecule has 0 atom stereocenters. The lowest BCUT2D eigenvalue weighted by Crippen LogP contribution is -2.37. The smallest absolute Gasteiger partial charge is 0.188 e. The third-order valence-corrected chi connectivity index (χ3v) is 3.77. The second-order valence-corrected chi connectivity index (χ2v) is 5.62.